The second kappa shape index (κ2) is 14.3. The molecule has 2 aliphatic carbocycles. The van der Waals surface area contributed by atoms with Gasteiger partial charge in [0.2, 0.25) is 0 Å². The van der Waals surface area contributed by atoms with Crippen molar-refractivity contribution >= 4 is 16.8 Å². The van der Waals surface area contributed by atoms with Crippen molar-refractivity contribution in [1.82, 2.24) is 28.8 Å². The number of Topliss-reactive ketones (excluding diaryl/α,β-unsaturated/α-hetero) is 1. The number of benzene rings is 2. The Labute approximate surface area is 293 Å². The van der Waals surface area contributed by atoms with Crippen molar-refractivity contribution in [2.45, 2.75) is 76.4 Å². The number of piperazine rings is 1. The zero-order valence-corrected chi connectivity index (χ0v) is 29.6. The van der Waals surface area contributed by atoms with Gasteiger partial charge in [-0.3, -0.25) is 24.0 Å². The van der Waals surface area contributed by atoms with E-state index in [2.05, 4.69) is 46.0 Å². The number of hydrogen-bond donors (Lipinski definition) is 0. The lowest BCUT2D eigenvalue weighted by Gasteiger charge is -2.34. The van der Waals surface area contributed by atoms with Crippen molar-refractivity contribution in [2.24, 2.45) is 5.92 Å². The normalized spacial score (nSPS) is 21.1. The number of halogens is 1. The molecule has 3 aliphatic rings. The molecule has 10 heteroatoms. The van der Waals surface area contributed by atoms with Crippen LogP contribution >= 0.6 is 0 Å². The summed E-state index contributed by atoms with van der Waals surface area (Å²) in [5.41, 5.74) is 2.61. The van der Waals surface area contributed by atoms with Crippen LogP contribution in [0, 0.1) is 11.7 Å². The topological polar surface area (TPSA) is 83.7 Å². The summed E-state index contributed by atoms with van der Waals surface area (Å²) in [6.07, 6.45) is 7.32. The van der Waals surface area contributed by atoms with E-state index in [9.17, 15) is 18.8 Å². The van der Waals surface area contributed by atoms with Crippen molar-refractivity contribution in [2.75, 3.05) is 46.8 Å². The van der Waals surface area contributed by atoms with Crippen molar-refractivity contribution in [1.29, 1.82) is 0 Å². The van der Waals surface area contributed by atoms with E-state index < -0.39 is 17.1 Å². The van der Waals surface area contributed by atoms with E-state index in [4.69, 9.17) is 0 Å². The molecule has 1 aliphatic heterocycles. The Morgan fingerprint density at radius 1 is 0.920 bits per heavy atom. The molecule has 0 spiro atoms. The molecule has 1 saturated heterocycles. The van der Waals surface area contributed by atoms with Gasteiger partial charge in [0.1, 0.15) is 5.82 Å². The summed E-state index contributed by atoms with van der Waals surface area (Å²) in [7, 11) is 3.94. The smallest absolute Gasteiger partial charge is 0.301 e. The summed E-state index contributed by atoms with van der Waals surface area (Å²) in [5, 5.41) is 0.0776. The third kappa shape index (κ3) is 6.85. The maximum absolute atomic E-state index is 14.5. The predicted molar refractivity (Wildman–Crippen MR) is 195 cm³/mol. The van der Waals surface area contributed by atoms with Gasteiger partial charge in [0, 0.05) is 45.2 Å². The molecular formula is C40H49FN6O3. The largest absolute Gasteiger partial charge is 0.337 e. The minimum absolute atomic E-state index is 0.0776. The SMILES string of the molecule is CCCN1CCN(Cc2ccc(-c3cccc(-n4c(=O)n(C5CCC(CC(=O)C6(N(C)C)CC6)CC5)c(=O)c5cc(F)cnc54)c3)cc2)CC1. The lowest BCUT2D eigenvalue weighted by molar-refractivity contribution is -0.126. The summed E-state index contributed by atoms with van der Waals surface area (Å²) in [6, 6.07) is 17.1. The molecule has 0 unspecified atom stereocenters. The van der Waals surface area contributed by atoms with E-state index in [1.165, 1.54) is 33.7 Å². The fraction of sp³-hybridized carbons (Fsp3) is 0.500. The van der Waals surface area contributed by atoms with Gasteiger partial charge in [-0.2, -0.15) is 0 Å². The minimum Gasteiger partial charge on any atom is -0.301 e. The van der Waals surface area contributed by atoms with Crippen LogP contribution in [0.1, 0.15) is 69.9 Å². The summed E-state index contributed by atoms with van der Waals surface area (Å²) in [4.78, 5) is 52.7. The summed E-state index contributed by atoms with van der Waals surface area (Å²) in [6.45, 7) is 8.69. The van der Waals surface area contributed by atoms with E-state index in [0.717, 1.165) is 75.7 Å². The van der Waals surface area contributed by atoms with Gasteiger partial charge in [0.15, 0.2) is 11.4 Å². The Bertz CT molecular complexity index is 1970. The van der Waals surface area contributed by atoms with Crippen molar-refractivity contribution in [3.05, 3.63) is 93.0 Å². The van der Waals surface area contributed by atoms with Crippen LogP contribution in [0.3, 0.4) is 0 Å². The van der Waals surface area contributed by atoms with Crippen LogP contribution < -0.4 is 11.2 Å². The van der Waals surface area contributed by atoms with Gasteiger partial charge in [-0.25, -0.2) is 18.7 Å². The fourth-order valence-electron chi connectivity index (χ4n) is 8.26. The molecule has 2 aromatic heterocycles. The number of pyridine rings is 1. The number of rotatable bonds is 11. The zero-order chi connectivity index (χ0) is 35.0. The Morgan fingerprint density at radius 3 is 2.28 bits per heavy atom. The minimum atomic E-state index is -0.625. The van der Waals surface area contributed by atoms with Crippen molar-refractivity contribution in [3.8, 4) is 16.8 Å². The Balaban J connectivity index is 1.13. The molecule has 0 amide bonds. The second-order valence-corrected chi connectivity index (χ2v) is 14.9. The Hall–Kier alpha value is -3.99. The van der Waals surface area contributed by atoms with Gasteiger partial charge < -0.3 is 4.90 Å². The molecular weight excluding hydrogens is 631 g/mol. The Kier molecular flexibility index (Phi) is 9.87. The molecule has 2 saturated carbocycles. The molecule has 0 N–H and O–H groups in total. The van der Waals surface area contributed by atoms with Gasteiger partial charge in [0.25, 0.3) is 5.56 Å². The molecule has 4 aromatic rings. The van der Waals surface area contributed by atoms with E-state index in [1.807, 2.05) is 43.3 Å². The number of likely N-dealkylation sites (N-methyl/N-ethyl adjacent to an activating group) is 1. The number of ketones is 1. The van der Waals surface area contributed by atoms with E-state index in [1.54, 1.807) is 0 Å². The van der Waals surface area contributed by atoms with Gasteiger partial charge in [-0.15, -0.1) is 0 Å². The molecule has 3 heterocycles. The fourth-order valence-corrected chi connectivity index (χ4v) is 8.26. The molecule has 7 rings (SSSR count). The first-order valence-corrected chi connectivity index (χ1v) is 18.3. The first kappa shape index (κ1) is 34.5. The lowest BCUT2D eigenvalue weighted by atomic mass is 9.81. The van der Waals surface area contributed by atoms with Crippen LogP contribution in [0.15, 0.2) is 70.4 Å². The van der Waals surface area contributed by atoms with Gasteiger partial charge >= 0.3 is 5.69 Å². The van der Waals surface area contributed by atoms with Crippen LogP contribution in [0.5, 0.6) is 0 Å². The maximum Gasteiger partial charge on any atom is 0.337 e. The van der Waals surface area contributed by atoms with Crippen molar-refractivity contribution in [3.63, 3.8) is 0 Å². The highest BCUT2D eigenvalue weighted by atomic mass is 19.1. The highest BCUT2D eigenvalue weighted by Crippen LogP contribution is 2.44. The van der Waals surface area contributed by atoms with E-state index >= 15 is 0 Å². The first-order valence-electron chi connectivity index (χ1n) is 18.3. The molecule has 9 nitrogen and oxygen atoms in total. The Morgan fingerprint density at radius 2 is 1.62 bits per heavy atom. The van der Waals surface area contributed by atoms with Crippen LogP contribution in [-0.2, 0) is 11.3 Å². The number of fused-ring (bicyclic) bond motifs is 1. The van der Waals surface area contributed by atoms with Crippen LogP contribution in [0.25, 0.3) is 27.8 Å². The summed E-state index contributed by atoms with van der Waals surface area (Å²) >= 11 is 0. The summed E-state index contributed by atoms with van der Waals surface area (Å²) < 4.78 is 17.3. The molecule has 50 heavy (non-hydrogen) atoms. The number of carbonyl (C=O) groups is 1. The van der Waals surface area contributed by atoms with E-state index in [-0.39, 0.29) is 28.5 Å². The van der Waals surface area contributed by atoms with Crippen LogP contribution in [-0.4, -0.2) is 87.0 Å². The average Bonchev–Trinajstić information content (AvgIpc) is 3.94. The standard InChI is InChI=1S/C40H49FN6O3/c1-4-18-44-19-21-45(22-20-44)27-29-8-12-30(13-9-29)31-6-5-7-34(24-31)46-37-35(25-32(41)26-42-37)38(49)47(39(46)50)33-14-10-28(11-15-33)23-36(48)40(16-17-40)43(2)3/h5-9,12-13,24-26,28,33H,4,10-11,14-23,27H2,1-3H3. The third-order valence-electron chi connectivity index (χ3n) is 11.4. The molecule has 0 bridgehead atoms. The van der Waals surface area contributed by atoms with Gasteiger partial charge in [0.05, 0.1) is 22.8 Å². The molecule has 2 aromatic carbocycles. The lowest BCUT2D eigenvalue weighted by Crippen LogP contribution is -2.45. The first-order chi connectivity index (χ1) is 24.2. The molecule has 0 atom stereocenters. The third-order valence-corrected chi connectivity index (χ3v) is 11.4. The second-order valence-electron chi connectivity index (χ2n) is 14.9. The summed E-state index contributed by atoms with van der Waals surface area (Å²) in [5.74, 6) is -0.0963. The molecule has 0 radical (unpaired) electrons. The quantitative estimate of drug-likeness (QED) is 0.202. The molecule has 3 fully saturated rings. The number of carbonyl (C=O) groups excluding carboxylic acids is 1. The van der Waals surface area contributed by atoms with Crippen LogP contribution in [0.4, 0.5) is 4.39 Å². The maximum atomic E-state index is 14.5. The average molecular weight is 681 g/mol. The molecule has 264 valence electrons. The highest BCUT2D eigenvalue weighted by molar-refractivity contribution is 5.91. The van der Waals surface area contributed by atoms with Crippen molar-refractivity contribution < 1.29 is 9.18 Å². The predicted octanol–water partition coefficient (Wildman–Crippen LogP) is 5.67. The number of aromatic nitrogens is 3. The van der Waals surface area contributed by atoms with Crippen LogP contribution in [0.2, 0.25) is 0 Å². The van der Waals surface area contributed by atoms with Gasteiger partial charge in [-0.05, 0) is 106 Å². The monoisotopic (exact) mass is 680 g/mol. The highest BCUT2D eigenvalue weighted by Gasteiger charge is 2.51. The number of nitrogens with zero attached hydrogens (tertiary/aromatic N) is 6. The zero-order valence-electron chi connectivity index (χ0n) is 29.6. The van der Waals surface area contributed by atoms with E-state index in [0.29, 0.717) is 30.7 Å². The van der Waals surface area contributed by atoms with Gasteiger partial charge in [-0.1, -0.05) is 43.3 Å². The number of hydrogen-bond acceptors (Lipinski definition) is 7.